The van der Waals surface area contributed by atoms with Crippen LogP contribution in [-0.4, -0.2) is 61.0 Å². The fraction of sp³-hybridized carbons (Fsp3) is 0.189. The van der Waals surface area contributed by atoms with Crippen LogP contribution in [0.5, 0.6) is 5.75 Å². The first-order chi connectivity index (χ1) is 22.6. The minimum Gasteiger partial charge on any atom is -0.507 e. The van der Waals surface area contributed by atoms with Crippen LogP contribution in [0.15, 0.2) is 103 Å². The molecule has 9 heteroatoms. The number of rotatable bonds is 7. The molecule has 3 fully saturated rings. The van der Waals surface area contributed by atoms with E-state index in [9.17, 15) is 9.90 Å². The molecule has 3 aliphatic heterocycles. The maximum atomic E-state index is 11.2. The van der Waals surface area contributed by atoms with Crippen molar-refractivity contribution in [1.29, 1.82) is 0 Å². The second-order valence-electron chi connectivity index (χ2n) is 12.1. The molecule has 9 nitrogen and oxygen atoms in total. The monoisotopic (exact) mass is 607 g/mol. The molecule has 6 aromatic rings. The van der Waals surface area contributed by atoms with Gasteiger partial charge in [-0.3, -0.25) is 14.3 Å². The predicted molar refractivity (Wildman–Crippen MR) is 180 cm³/mol. The van der Waals surface area contributed by atoms with Gasteiger partial charge in [-0.25, -0.2) is 15.0 Å². The van der Waals surface area contributed by atoms with Crippen LogP contribution in [0.25, 0.3) is 39.5 Å². The van der Waals surface area contributed by atoms with Gasteiger partial charge >= 0.3 is 0 Å². The lowest BCUT2D eigenvalue weighted by atomic mass is 9.89. The first-order valence-corrected chi connectivity index (χ1v) is 15.6. The van der Waals surface area contributed by atoms with E-state index in [-0.39, 0.29) is 5.75 Å². The van der Waals surface area contributed by atoms with E-state index in [4.69, 9.17) is 15.7 Å². The van der Waals surface area contributed by atoms with E-state index in [1.165, 1.54) is 5.56 Å². The third-order valence-corrected chi connectivity index (χ3v) is 9.35. The highest BCUT2D eigenvalue weighted by Gasteiger charge is 2.39. The second kappa shape index (κ2) is 11.4. The number of imidazole rings is 1. The van der Waals surface area contributed by atoms with Gasteiger partial charge in [-0.1, -0.05) is 42.5 Å². The van der Waals surface area contributed by atoms with Gasteiger partial charge in [0.1, 0.15) is 17.1 Å². The zero-order chi connectivity index (χ0) is 31.2. The van der Waals surface area contributed by atoms with E-state index in [0.717, 1.165) is 71.8 Å². The second-order valence-corrected chi connectivity index (χ2v) is 12.1. The van der Waals surface area contributed by atoms with Gasteiger partial charge in [-0.05, 0) is 66.9 Å². The third kappa shape index (κ3) is 4.95. The highest BCUT2D eigenvalue weighted by molar-refractivity contribution is 5.84. The van der Waals surface area contributed by atoms with Crippen LogP contribution in [0.4, 0.5) is 11.5 Å². The van der Waals surface area contributed by atoms with Crippen LogP contribution in [0.3, 0.4) is 0 Å². The largest absolute Gasteiger partial charge is 0.507 e. The van der Waals surface area contributed by atoms with Gasteiger partial charge < -0.3 is 15.7 Å². The Hall–Kier alpha value is -5.54. The van der Waals surface area contributed by atoms with Gasteiger partial charge in [0.05, 0.1) is 16.8 Å². The van der Waals surface area contributed by atoms with Crippen LogP contribution in [0, 0.1) is 0 Å². The summed E-state index contributed by atoms with van der Waals surface area (Å²) in [6, 6.07) is 32.8. The fourth-order valence-electron chi connectivity index (χ4n) is 6.98. The maximum absolute atomic E-state index is 11.2. The van der Waals surface area contributed by atoms with Crippen molar-refractivity contribution in [3.8, 4) is 34.1 Å². The summed E-state index contributed by atoms with van der Waals surface area (Å²) < 4.78 is 2.07. The highest BCUT2D eigenvalue weighted by atomic mass is 16.3. The number of carbonyl (C=O) groups is 1. The molecule has 3 aromatic carbocycles. The van der Waals surface area contributed by atoms with Gasteiger partial charge in [0.25, 0.3) is 0 Å². The van der Waals surface area contributed by atoms with Gasteiger partial charge in [0, 0.05) is 60.9 Å². The maximum Gasteiger partial charge on any atom is 0.165 e. The van der Waals surface area contributed by atoms with Crippen LogP contribution in [0.1, 0.15) is 28.8 Å². The number of anilines is 2. The molecule has 0 spiro atoms. The number of carbonyl (C=O) groups excluding carboxylic acids is 1. The Morgan fingerprint density at radius 1 is 0.848 bits per heavy atom. The molecule has 46 heavy (non-hydrogen) atoms. The lowest BCUT2D eigenvalue weighted by Gasteiger charge is -2.52. The number of phenolic OH excluding ortho intramolecular Hbond substituents is 1. The number of nitrogen functional groups attached to an aromatic ring is 1. The van der Waals surface area contributed by atoms with Gasteiger partial charge in [0.15, 0.2) is 17.8 Å². The molecule has 3 N–H and O–H groups in total. The van der Waals surface area contributed by atoms with Crippen LogP contribution < -0.4 is 10.6 Å². The molecular weight excluding hydrogens is 574 g/mol. The molecule has 2 atom stereocenters. The molecule has 2 unspecified atom stereocenters. The number of fused-ring (bicyclic) bond motifs is 4. The number of piperidine rings is 2. The molecule has 0 aliphatic carbocycles. The van der Waals surface area contributed by atoms with Crippen molar-refractivity contribution in [2.75, 3.05) is 23.7 Å². The summed E-state index contributed by atoms with van der Waals surface area (Å²) in [5, 5.41) is 10.3. The molecule has 0 radical (unpaired) electrons. The topological polar surface area (TPSA) is 113 Å². The molecule has 3 aliphatic rings. The third-order valence-electron chi connectivity index (χ3n) is 9.35. The number of piperazine rings is 1. The van der Waals surface area contributed by atoms with Crippen molar-refractivity contribution in [1.82, 2.24) is 24.4 Å². The standard InChI is InChI=1S/C37H33N7O2/c38-35-31(7-4-18-39-35)36-41-33-17-16-32(25-5-2-1-3-6-25)40-37(33)44(36)27-11-8-24(9-12-27)20-42-21-30-15-14-29(42)22-43(30)28-13-10-26(23-45)34(46)19-28/h1-13,16-19,23,29-30,46H,14-15,20-22H2,(H2,38,39). The summed E-state index contributed by atoms with van der Waals surface area (Å²) in [6.45, 7) is 2.70. The highest BCUT2D eigenvalue weighted by Crippen LogP contribution is 2.36. The molecule has 0 saturated carbocycles. The normalized spacial score (nSPS) is 17.9. The van der Waals surface area contributed by atoms with Crippen LogP contribution in [0.2, 0.25) is 0 Å². The summed E-state index contributed by atoms with van der Waals surface area (Å²) in [5.74, 6) is 1.16. The van der Waals surface area contributed by atoms with Crippen molar-refractivity contribution in [2.24, 2.45) is 0 Å². The van der Waals surface area contributed by atoms with E-state index in [0.29, 0.717) is 35.6 Å². The van der Waals surface area contributed by atoms with Crippen molar-refractivity contribution in [3.05, 3.63) is 114 Å². The quantitative estimate of drug-likeness (QED) is 0.209. The van der Waals surface area contributed by atoms with E-state index in [2.05, 4.69) is 55.7 Å². The number of nitrogens with two attached hydrogens (primary N) is 1. The number of aromatic hydroxyl groups is 1. The number of pyridine rings is 2. The number of phenols is 1. The average molecular weight is 608 g/mol. The molecular formula is C37H33N7O2. The van der Waals surface area contributed by atoms with Crippen molar-refractivity contribution in [2.45, 2.75) is 31.5 Å². The molecule has 2 bridgehead atoms. The van der Waals surface area contributed by atoms with Crippen LogP contribution in [-0.2, 0) is 6.54 Å². The first-order valence-electron chi connectivity index (χ1n) is 15.6. The average Bonchev–Trinajstić information content (AvgIpc) is 3.48. The van der Waals surface area contributed by atoms with E-state index in [1.807, 2.05) is 48.5 Å². The summed E-state index contributed by atoms with van der Waals surface area (Å²) in [6.07, 6.45) is 4.63. The minimum atomic E-state index is 0.0393. The number of aldehydes is 1. The Kier molecular flexibility index (Phi) is 6.95. The van der Waals surface area contributed by atoms with E-state index < -0.39 is 0 Å². The molecule has 0 amide bonds. The lowest BCUT2D eigenvalue weighted by Crippen LogP contribution is -2.62. The molecule has 228 valence electrons. The minimum absolute atomic E-state index is 0.0393. The van der Waals surface area contributed by atoms with Gasteiger partial charge in [0.2, 0.25) is 0 Å². The number of hydrogen-bond donors (Lipinski definition) is 2. The van der Waals surface area contributed by atoms with E-state index >= 15 is 0 Å². The SMILES string of the molecule is Nc1ncccc1-c1nc2ccc(-c3ccccc3)nc2n1-c1ccc(CN2CC3CCC2CN3c2ccc(C=O)c(O)c2)cc1. The summed E-state index contributed by atoms with van der Waals surface area (Å²) in [5.41, 5.74) is 14.0. The summed E-state index contributed by atoms with van der Waals surface area (Å²) >= 11 is 0. The Balaban J connectivity index is 1.09. The van der Waals surface area contributed by atoms with Gasteiger partial charge in [-0.2, -0.15) is 0 Å². The zero-order valence-electron chi connectivity index (χ0n) is 25.2. The summed E-state index contributed by atoms with van der Waals surface area (Å²) in [4.78, 5) is 30.5. The summed E-state index contributed by atoms with van der Waals surface area (Å²) in [7, 11) is 0. The Bertz CT molecular complexity index is 2060. The van der Waals surface area contributed by atoms with Crippen LogP contribution >= 0.6 is 0 Å². The number of hydrogen-bond acceptors (Lipinski definition) is 8. The van der Waals surface area contributed by atoms with Crippen molar-refractivity contribution >= 4 is 29.0 Å². The van der Waals surface area contributed by atoms with Crippen molar-refractivity contribution in [3.63, 3.8) is 0 Å². The van der Waals surface area contributed by atoms with E-state index in [1.54, 1.807) is 18.3 Å². The molecule has 9 rings (SSSR count). The molecule has 3 saturated heterocycles. The smallest absolute Gasteiger partial charge is 0.165 e. The fourth-order valence-corrected chi connectivity index (χ4v) is 6.98. The Morgan fingerprint density at radius 3 is 2.39 bits per heavy atom. The van der Waals surface area contributed by atoms with Gasteiger partial charge in [-0.15, -0.1) is 0 Å². The Labute approximate surface area is 266 Å². The zero-order valence-corrected chi connectivity index (χ0v) is 25.2. The number of benzene rings is 3. The molecule has 3 aromatic heterocycles. The lowest BCUT2D eigenvalue weighted by molar-refractivity contribution is 0.0890. The number of aromatic nitrogens is 4. The Morgan fingerprint density at radius 2 is 1.65 bits per heavy atom. The molecule has 6 heterocycles. The first kappa shape index (κ1) is 28.0. The van der Waals surface area contributed by atoms with Crippen molar-refractivity contribution < 1.29 is 9.90 Å². The number of nitrogens with zero attached hydrogens (tertiary/aromatic N) is 6. The predicted octanol–water partition coefficient (Wildman–Crippen LogP) is 6.10.